The first-order chi connectivity index (χ1) is 10.8. The van der Waals surface area contributed by atoms with E-state index in [4.69, 9.17) is 0 Å². The predicted molar refractivity (Wildman–Crippen MR) is 94.1 cm³/mol. The fraction of sp³-hybridized carbons (Fsp3) is 0. The molecule has 1 heterocycles. The second kappa shape index (κ2) is 7.00. The van der Waals surface area contributed by atoms with Crippen molar-refractivity contribution < 1.29 is 0 Å². The molecule has 0 spiro atoms. The van der Waals surface area contributed by atoms with Crippen molar-refractivity contribution in [1.82, 2.24) is 4.98 Å². The lowest BCUT2D eigenvalue weighted by Crippen LogP contribution is -2.08. The lowest BCUT2D eigenvalue weighted by Gasteiger charge is -2.07. The molecule has 22 heavy (non-hydrogen) atoms. The van der Waals surface area contributed by atoms with Gasteiger partial charge in [0.25, 0.3) is 0 Å². The lowest BCUT2D eigenvalue weighted by atomic mass is 10.1. The van der Waals surface area contributed by atoms with Crippen molar-refractivity contribution in [3.63, 3.8) is 0 Å². The molecule has 0 bridgehead atoms. The first kappa shape index (κ1) is 14.5. The van der Waals surface area contributed by atoms with Gasteiger partial charge < -0.3 is 0 Å². The summed E-state index contributed by atoms with van der Waals surface area (Å²) in [7, 11) is 0. The van der Waals surface area contributed by atoms with Gasteiger partial charge in [0, 0.05) is 16.2 Å². The molecule has 0 saturated heterocycles. The van der Waals surface area contributed by atoms with Crippen LogP contribution in [0, 0.1) is 0 Å². The van der Waals surface area contributed by atoms with Crippen LogP contribution in [0.15, 0.2) is 88.6 Å². The van der Waals surface area contributed by atoms with E-state index < -0.39 is 0 Å². The number of rotatable bonds is 4. The van der Waals surface area contributed by atoms with Crippen molar-refractivity contribution in [2.75, 3.05) is 5.43 Å². The van der Waals surface area contributed by atoms with Crippen LogP contribution in [0.4, 0.5) is 5.69 Å². The maximum Gasteiger partial charge on any atom is 0.116 e. The lowest BCUT2D eigenvalue weighted by molar-refractivity contribution is 1.25. The molecule has 1 N–H and O–H groups in total. The van der Waals surface area contributed by atoms with Crippen LogP contribution in [0.2, 0.25) is 0 Å². The van der Waals surface area contributed by atoms with Crippen molar-refractivity contribution in [1.29, 1.82) is 0 Å². The zero-order valence-corrected chi connectivity index (χ0v) is 13.4. The van der Waals surface area contributed by atoms with Gasteiger partial charge in [-0.1, -0.05) is 52.3 Å². The summed E-state index contributed by atoms with van der Waals surface area (Å²) in [6, 6.07) is 23.7. The molecular formula is C18H14BrN3. The van der Waals surface area contributed by atoms with Crippen LogP contribution in [0.3, 0.4) is 0 Å². The van der Waals surface area contributed by atoms with E-state index in [0.717, 1.165) is 27.1 Å². The van der Waals surface area contributed by atoms with E-state index in [-0.39, 0.29) is 0 Å². The number of pyridine rings is 1. The van der Waals surface area contributed by atoms with Crippen molar-refractivity contribution in [3.05, 3.63) is 94.7 Å². The standard InChI is InChI=1S/C18H14BrN3/c19-15-9-11-16(12-10-15)21-22-18(14-6-2-1-3-7-14)17-8-4-5-13-20-17/h1-13,21H. The van der Waals surface area contributed by atoms with Gasteiger partial charge in [-0.3, -0.25) is 10.4 Å². The smallest absolute Gasteiger partial charge is 0.116 e. The van der Waals surface area contributed by atoms with Crippen LogP contribution in [-0.2, 0) is 0 Å². The number of halogens is 1. The normalized spacial score (nSPS) is 11.2. The van der Waals surface area contributed by atoms with Gasteiger partial charge in [0.15, 0.2) is 0 Å². The fourth-order valence-corrected chi connectivity index (χ4v) is 2.28. The molecule has 0 saturated carbocycles. The number of anilines is 1. The van der Waals surface area contributed by atoms with Crippen LogP contribution in [-0.4, -0.2) is 10.7 Å². The molecule has 0 aliphatic carbocycles. The number of nitrogens with one attached hydrogen (secondary N) is 1. The minimum Gasteiger partial charge on any atom is -0.278 e. The summed E-state index contributed by atoms with van der Waals surface area (Å²) < 4.78 is 1.04. The molecule has 1 aromatic heterocycles. The SMILES string of the molecule is Brc1ccc(NN=C(c2ccccc2)c2ccccn2)cc1. The van der Waals surface area contributed by atoms with Crippen molar-refractivity contribution in [2.45, 2.75) is 0 Å². The van der Waals surface area contributed by atoms with E-state index in [1.165, 1.54) is 0 Å². The van der Waals surface area contributed by atoms with E-state index in [9.17, 15) is 0 Å². The summed E-state index contributed by atoms with van der Waals surface area (Å²) >= 11 is 3.43. The van der Waals surface area contributed by atoms with Crippen molar-refractivity contribution in [2.24, 2.45) is 5.10 Å². The van der Waals surface area contributed by atoms with E-state index in [1.54, 1.807) is 6.20 Å². The number of hydrazone groups is 1. The number of hydrogen-bond acceptors (Lipinski definition) is 3. The Kier molecular flexibility index (Phi) is 4.61. The van der Waals surface area contributed by atoms with Gasteiger partial charge in [-0.15, -0.1) is 0 Å². The zero-order valence-electron chi connectivity index (χ0n) is 11.8. The van der Waals surface area contributed by atoms with Gasteiger partial charge in [-0.05, 0) is 36.4 Å². The average Bonchev–Trinajstić information content (AvgIpc) is 2.59. The summed E-state index contributed by atoms with van der Waals surface area (Å²) in [5.41, 5.74) is 6.68. The molecular weight excluding hydrogens is 338 g/mol. The molecule has 3 aromatic rings. The molecule has 0 unspecified atom stereocenters. The molecule has 0 radical (unpaired) electrons. The molecule has 4 heteroatoms. The Hall–Kier alpha value is -2.46. The molecule has 0 aliphatic rings. The first-order valence-electron chi connectivity index (χ1n) is 6.89. The Bertz CT molecular complexity index is 712. The van der Waals surface area contributed by atoms with Crippen molar-refractivity contribution in [3.8, 4) is 0 Å². The van der Waals surface area contributed by atoms with Gasteiger partial charge in [0.2, 0.25) is 0 Å². The molecule has 0 aliphatic heterocycles. The second-order valence-corrected chi connectivity index (χ2v) is 5.58. The zero-order chi connectivity index (χ0) is 15.2. The highest BCUT2D eigenvalue weighted by molar-refractivity contribution is 9.10. The second-order valence-electron chi connectivity index (χ2n) is 4.66. The largest absolute Gasteiger partial charge is 0.278 e. The number of nitrogens with zero attached hydrogens (tertiary/aromatic N) is 2. The van der Waals surface area contributed by atoms with Crippen LogP contribution in [0.1, 0.15) is 11.3 Å². The Morgan fingerprint density at radius 3 is 2.27 bits per heavy atom. The summed E-state index contributed by atoms with van der Waals surface area (Å²) in [6.45, 7) is 0. The summed E-state index contributed by atoms with van der Waals surface area (Å²) in [6.07, 6.45) is 1.77. The third kappa shape index (κ3) is 3.59. The Morgan fingerprint density at radius 1 is 0.864 bits per heavy atom. The highest BCUT2D eigenvalue weighted by atomic mass is 79.9. The average molecular weight is 352 g/mol. The topological polar surface area (TPSA) is 37.3 Å². The third-order valence-corrected chi connectivity index (χ3v) is 3.62. The van der Waals surface area contributed by atoms with Crippen LogP contribution < -0.4 is 5.43 Å². The molecule has 0 amide bonds. The van der Waals surface area contributed by atoms with E-state index in [2.05, 4.69) is 31.4 Å². The minimum absolute atomic E-state index is 0.809. The third-order valence-electron chi connectivity index (χ3n) is 3.10. The van der Waals surface area contributed by atoms with Crippen molar-refractivity contribution >= 4 is 27.3 Å². The quantitative estimate of drug-likeness (QED) is 0.545. The van der Waals surface area contributed by atoms with Gasteiger partial charge in [-0.25, -0.2) is 0 Å². The Labute approximate surface area is 137 Å². The number of aromatic nitrogens is 1. The summed E-state index contributed by atoms with van der Waals surface area (Å²) in [4.78, 5) is 4.40. The molecule has 108 valence electrons. The Morgan fingerprint density at radius 2 is 1.59 bits per heavy atom. The fourth-order valence-electron chi connectivity index (χ4n) is 2.01. The number of hydrogen-bond donors (Lipinski definition) is 1. The van der Waals surface area contributed by atoms with E-state index in [0.29, 0.717) is 0 Å². The van der Waals surface area contributed by atoms with Gasteiger partial charge in [0.1, 0.15) is 5.71 Å². The van der Waals surface area contributed by atoms with Gasteiger partial charge in [0.05, 0.1) is 11.4 Å². The highest BCUT2D eigenvalue weighted by Gasteiger charge is 2.07. The van der Waals surface area contributed by atoms with E-state index in [1.807, 2.05) is 72.8 Å². The van der Waals surface area contributed by atoms with Crippen LogP contribution in [0.25, 0.3) is 0 Å². The Balaban J connectivity index is 1.95. The molecule has 2 aromatic carbocycles. The monoisotopic (exact) mass is 351 g/mol. The first-order valence-corrected chi connectivity index (χ1v) is 7.68. The summed E-state index contributed by atoms with van der Waals surface area (Å²) in [5.74, 6) is 0. The highest BCUT2D eigenvalue weighted by Crippen LogP contribution is 2.15. The molecule has 0 atom stereocenters. The van der Waals surface area contributed by atoms with Crippen LogP contribution in [0.5, 0.6) is 0 Å². The summed E-state index contributed by atoms with van der Waals surface area (Å²) in [5, 5.41) is 4.55. The molecule has 3 rings (SSSR count). The number of benzene rings is 2. The van der Waals surface area contributed by atoms with Gasteiger partial charge >= 0.3 is 0 Å². The molecule has 0 fully saturated rings. The van der Waals surface area contributed by atoms with Crippen LogP contribution >= 0.6 is 15.9 Å². The molecule has 3 nitrogen and oxygen atoms in total. The predicted octanol–water partition coefficient (Wildman–Crippen LogP) is 4.71. The maximum atomic E-state index is 4.55. The van der Waals surface area contributed by atoms with E-state index >= 15 is 0 Å². The maximum absolute atomic E-state index is 4.55. The minimum atomic E-state index is 0.809. The van der Waals surface area contributed by atoms with Gasteiger partial charge in [-0.2, -0.15) is 5.10 Å².